The Hall–Kier alpha value is -3.49. The van der Waals surface area contributed by atoms with Crippen LogP contribution in [0.5, 0.6) is 0 Å². The first-order valence-corrected chi connectivity index (χ1v) is 10.4. The van der Waals surface area contributed by atoms with Gasteiger partial charge in [-0.2, -0.15) is 13.2 Å². The second kappa shape index (κ2) is 7.83. The van der Waals surface area contributed by atoms with Gasteiger partial charge >= 0.3 is 6.18 Å². The number of rotatable bonds is 4. The predicted octanol–water partition coefficient (Wildman–Crippen LogP) is 3.80. The van der Waals surface area contributed by atoms with Crippen molar-refractivity contribution >= 4 is 17.6 Å². The minimum Gasteiger partial charge on any atom is -0.326 e. The van der Waals surface area contributed by atoms with Crippen LogP contribution in [-0.4, -0.2) is 39.2 Å². The smallest absolute Gasteiger partial charge is 0.326 e. The third-order valence-electron chi connectivity index (χ3n) is 5.97. The predicted molar refractivity (Wildman–Crippen MR) is 113 cm³/mol. The monoisotopic (exact) mass is 457 g/mol. The van der Waals surface area contributed by atoms with Gasteiger partial charge in [0.1, 0.15) is 0 Å². The van der Waals surface area contributed by atoms with Crippen LogP contribution < -0.4 is 5.32 Å². The average Bonchev–Trinajstić information content (AvgIpc) is 2.97. The van der Waals surface area contributed by atoms with Gasteiger partial charge in [0.15, 0.2) is 5.78 Å². The lowest BCUT2D eigenvalue weighted by atomic mass is 9.72. The van der Waals surface area contributed by atoms with Crippen molar-refractivity contribution < 1.29 is 27.6 Å². The summed E-state index contributed by atoms with van der Waals surface area (Å²) in [6.07, 6.45) is -2.80. The van der Waals surface area contributed by atoms with Crippen molar-refractivity contribution in [2.45, 2.75) is 44.9 Å². The fourth-order valence-electron chi connectivity index (χ4n) is 4.50. The van der Waals surface area contributed by atoms with E-state index in [1.807, 2.05) is 5.32 Å². The Morgan fingerprint density at radius 3 is 2.30 bits per heavy atom. The molecule has 172 valence electrons. The molecular weight excluding hydrogens is 435 g/mol. The highest BCUT2D eigenvalue weighted by Crippen LogP contribution is 2.52. The number of ketones is 1. The maximum Gasteiger partial charge on any atom is 0.425 e. The zero-order chi connectivity index (χ0) is 24.0. The SMILES string of the molecule is CC1(C)CC(=O)C2=C(C1)N(Cc1ccccc1)C(=O)[C@]2(NC(=O)c1ccncc1)C(F)(F)F. The Morgan fingerprint density at radius 2 is 1.70 bits per heavy atom. The maximum atomic E-state index is 14.7. The molecule has 0 bridgehead atoms. The van der Waals surface area contributed by atoms with Gasteiger partial charge in [-0.3, -0.25) is 19.4 Å². The minimum absolute atomic E-state index is 0.0115. The summed E-state index contributed by atoms with van der Waals surface area (Å²) in [6.45, 7) is 3.39. The zero-order valence-electron chi connectivity index (χ0n) is 18.1. The highest BCUT2D eigenvalue weighted by atomic mass is 19.4. The van der Waals surface area contributed by atoms with Crippen LogP contribution >= 0.6 is 0 Å². The summed E-state index contributed by atoms with van der Waals surface area (Å²) in [7, 11) is 0. The lowest BCUT2D eigenvalue weighted by molar-refractivity contribution is -0.190. The summed E-state index contributed by atoms with van der Waals surface area (Å²) in [5, 5.41) is 1.91. The maximum absolute atomic E-state index is 14.7. The highest BCUT2D eigenvalue weighted by molar-refractivity contribution is 6.14. The summed E-state index contributed by atoms with van der Waals surface area (Å²) < 4.78 is 44.2. The van der Waals surface area contributed by atoms with Crippen LogP contribution in [0.25, 0.3) is 0 Å². The quantitative estimate of drug-likeness (QED) is 0.758. The van der Waals surface area contributed by atoms with E-state index in [9.17, 15) is 27.6 Å². The van der Waals surface area contributed by atoms with Gasteiger partial charge < -0.3 is 10.2 Å². The number of halogens is 3. The molecule has 6 nitrogen and oxygen atoms in total. The molecule has 0 saturated heterocycles. The van der Waals surface area contributed by atoms with E-state index in [4.69, 9.17) is 0 Å². The molecule has 1 N–H and O–H groups in total. The number of hydrogen-bond acceptors (Lipinski definition) is 4. The molecule has 0 radical (unpaired) electrons. The van der Waals surface area contributed by atoms with Crippen LogP contribution in [0.3, 0.4) is 0 Å². The van der Waals surface area contributed by atoms with E-state index in [0.29, 0.717) is 5.56 Å². The van der Waals surface area contributed by atoms with Gasteiger partial charge in [0.05, 0.1) is 12.1 Å². The number of Topliss-reactive ketones (excluding diaryl/α,β-unsaturated/α-hetero) is 1. The van der Waals surface area contributed by atoms with E-state index in [1.165, 1.54) is 24.5 Å². The number of hydrogen-bond donors (Lipinski definition) is 1. The van der Waals surface area contributed by atoms with E-state index in [1.54, 1.807) is 44.2 Å². The summed E-state index contributed by atoms with van der Waals surface area (Å²) >= 11 is 0. The van der Waals surface area contributed by atoms with Crippen LogP contribution in [0.1, 0.15) is 42.6 Å². The van der Waals surface area contributed by atoms with Gasteiger partial charge in [-0.25, -0.2) is 0 Å². The van der Waals surface area contributed by atoms with E-state index in [-0.39, 0.29) is 30.6 Å². The van der Waals surface area contributed by atoms with Gasteiger partial charge in [0.2, 0.25) is 5.54 Å². The lowest BCUT2D eigenvalue weighted by Crippen LogP contribution is -2.66. The van der Waals surface area contributed by atoms with Crippen LogP contribution in [-0.2, 0) is 16.1 Å². The Kier molecular flexibility index (Phi) is 5.38. The molecule has 0 spiro atoms. The third-order valence-corrected chi connectivity index (χ3v) is 5.97. The molecule has 2 amide bonds. The Balaban J connectivity index is 1.88. The first-order chi connectivity index (χ1) is 15.5. The fraction of sp³-hybridized carbons (Fsp3) is 0.333. The van der Waals surface area contributed by atoms with E-state index < -0.39 is 40.3 Å². The molecule has 1 aliphatic carbocycles. The number of nitrogens with zero attached hydrogens (tertiary/aromatic N) is 2. The average molecular weight is 457 g/mol. The molecule has 0 fully saturated rings. The summed E-state index contributed by atoms with van der Waals surface area (Å²) in [5.74, 6) is -3.29. The van der Waals surface area contributed by atoms with Crippen molar-refractivity contribution in [3.05, 3.63) is 77.3 Å². The third kappa shape index (κ3) is 3.81. The van der Waals surface area contributed by atoms with Crippen molar-refractivity contribution in [1.29, 1.82) is 0 Å². The first kappa shape index (κ1) is 22.7. The Bertz CT molecular complexity index is 1140. The number of benzene rings is 1. The number of alkyl halides is 3. The van der Waals surface area contributed by atoms with Crippen LogP contribution in [0.15, 0.2) is 66.1 Å². The van der Waals surface area contributed by atoms with Crippen molar-refractivity contribution in [3.8, 4) is 0 Å². The molecule has 4 rings (SSSR count). The second-order valence-corrected chi connectivity index (χ2v) is 9.08. The van der Waals surface area contributed by atoms with Crippen LogP contribution in [0.4, 0.5) is 13.2 Å². The largest absolute Gasteiger partial charge is 0.425 e. The Morgan fingerprint density at radius 1 is 1.06 bits per heavy atom. The summed E-state index contributed by atoms with van der Waals surface area (Å²) in [6, 6.07) is 11.0. The Labute approximate surface area is 188 Å². The van der Waals surface area contributed by atoms with Crippen molar-refractivity contribution in [2.24, 2.45) is 5.41 Å². The zero-order valence-corrected chi connectivity index (χ0v) is 18.1. The number of nitrogens with one attached hydrogen (secondary N) is 1. The first-order valence-electron chi connectivity index (χ1n) is 10.4. The van der Waals surface area contributed by atoms with Crippen LogP contribution in [0.2, 0.25) is 0 Å². The van der Waals surface area contributed by atoms with Gasteiger partial charge in [-0.1, -0.05) is 44.2 Å². The molecule has 1 aliphatic heterocycles. The number of carbonyl (C=O) groups is 3. The van der Waals surface area contributed by atoms with Crippen molar-refractivity contribution in [2.75, 3.05) is 0 Å². The molecule has 0 unspecified atom stereocenters. The fourth-order valence-corrected chi connectivity index (χ4v) is 4.50. The molecule has 2 aromatic rings. The topological polar surface area (TPSA) is 79.4 Å². The molecule has 2 aliphatic rings. The summed E-state index contributed by atoms with van der Waals surface area (Å²) in [4.78, 5) is 44.3. The normalized spacial score (nSPS) is 22.4. The molecule has 9 heteroatoms. The number of amides is 2. The molecule has 33 heavy (non-hydrogen) atoms. The number of pyridine rings is 1. The molecule has 1 atom stereocenters. The van der Waals surface area contributed by atoms with E-state index >= 15 is 0 Å². The van der Waals surface area contributed by atoms with Crippen molar-refractivity contribution in [1.82, 2.24) is 15.2 Å². The molecular formula is C24H22F3N3O3. The van der Waals surface area contributed by atoms with Gasteiger partial charge in [-0.05, 0) is 29.5 Å². The molecule has 2 heterocycles. The minimum atomic E-state index is -5.24. The second-order valence-electron chi connectivity index (χ2n) is 9.08. The summed E-state index contributed by atoms with van der Waals surface area (Å²) in [5.41, 5.74) is -4.26. The number of aromatic nitrogens is 1. The molecule has 1 aromatic carbocycles. The van der Waals surface area contributed by atoms with Gasteiger partial charge in [0.25, 0.3) is 11.8 Å². The standard InChI is InChI=1S/C24H22F3N3O3/c1-22(2)12-17-19(18(31)13-22)23(24(25,26)27,29-20(32)16-8-10-28-11-9-16)21(33)30(17)14-15-6-4-3-5-7-15/h3-11H,12-14H2,1-2H3,(H,29,32)/t23-/m0/s1. The lowest BCUT2D eigenvalue weighted by Gasteiger charge is -2.35. The number of allylic oxidation sites excluding steroid dienone is 1. The molecule has 0 saturated carbocycles. The van der Waals surface area contributed by atoms with Gasteiger partial charge in [0, 0.05) is 30.1 Å². The van der Waals surface area contributed by atoms with E-state index in [2.05, 4.69) is 4.98 Å². The van der Waals surface area contributed by atoms with Crippen molar-refractivity contribution in [3.63, 3.8) is 0 Å². The van der Waals surface area contributed by atoms with Gasteiger partial charge in [-0.15, -0.1) is 0 Å². The van der Waals surface area contributed by atoms with Crippen LogP contribution in [0, 0.1) is 5.41 Å². The number of carbonyl (C=O) groups excluding carboxylic acids is 3. The van der Waals surface area contributed by atoms with E-state index in [0.717, 1.165) is 4.90 Å². The highest BCUT2D eigenvalue weighted by Gasteiger charge is 2.71. The molecule has 1 aromatic heterocycles.